The van der Waals surface area contributed by atoms with E-state index in [-0.39, 0.29) is 24.0 Å². The molecule has 1 aromatic carbocycles. The fourth-order valence-corrected chi connectivity index (χ4v) is 2.13. The highest BCUT2D eigenvalue weighted by atomic mass is 16.5. The van der Waals surface area contributed by atoms with E-state index < -0.39 is 0 Å². The van der Waals surface area contributed by atoms with Gasteiger partial charge in [-0.15, -0.1) is 0 Å². The Hall–Kier alpha value is -2.04. The van der Waals surface area contributed by atoms with E-state index in [0.717, 1.165) is 0 Å². The number of carbonyl (C=O) groups excluding carboxylic acids is 2. The van der Waals surface area contributed by atoms with Gasteiger partial charge in [-0.3, -0.25) is 9.59 Å². The van der Waals surface area contributed by atoms with Gasteiger partial charge in [0.25, 0.3) is 5.91 Å². The number of benzene rings is 1. The van der Waals surface area contributed by atoms with Gasteiger partial charge in [-0.05, 0) is 32.4 Å². The molecule has 0 aliphatic carbocycles. The average Bonchev–Trinajstić information content (AvgIpc) is 2.41. The van der Waals surface area contributed by atoms with Crippen molar-refractivity contribution in [1.29, 1.82) is 0 Å². The number of ether oxygens (including phenoxy) is 1. The van der Waals surface area contributed by atoms with Crippen LogP contribution in [0.15, 0.2) is 24.3 Å². The predicted octanol–water partition coefficient (Wildman–Crippen LogP) is 1.48. The quantitative estimate of drug-likeness (QED) is 0.875. The van der Waals surface area contributed by atoms with Crippen molar-refractivity contribution in [3.05, 3.63) is 29.8 Å². The van der Waals surface area contributed by atoms with Crippen LogP contribution in [0, 0.1) is 0 Å². The van der Waals surface area contributed by atoms with Crippen LogP contribution in [-0.4, -0.2) is 30.5 Å². The van der Waals surface area contributed by atoms with Crippen LogP contribution < -0.4 is 15.4 Å². The molecule has 20 heavy (non-hydrogen) atoms. The molecule has 0 saturated carbocycles. The second kappa shape index (κ2) is 6.41. The van der Waals surface area contributed by atoms with Crippen LogP contribution in [0.5, 0.6) is 5.75 Å². The highest BCUT2D eigenvalue weighted by Crippen LogP contribution is 2.19. The minimum Gasteiger partial charge on any atom is -0.490 e. The Labute approximate surface area is 118 Å². The smallest absolute Gasteiger partial charge is 0.255 e. The lowest BCUT2D eigenvalue weighted by atomic mass is 10.1. The molecule has 1 saturated heterocycles. The van der Waals surface area contributed by atoms with Crippen LogP contribution >= 0.6 is 0 Å². The third kappa shape index (κ3) is 3.73. The zero-order valence-electron chi connectivity index (χ0n) is 11.8. The summed E-state index contributed by atoms with van der Waals surface area (Å²) >= 11 is 0. The molecule has 1 aliphatic rings. The number of hydrogen-bond acceptors (Lipinski definition) is 3. The number of hydrogen-bond donors (Lipinski definition) is 2. The summed E-state index contributed by atoms with van der Waals surface area (Å²) in [7, 11) is 0. The molecule has 1 atom stereocenters. The number of nitrogens with one attached hydrogen (secondary N) is 2. The molecular weight excluding hydrogens is 256 g/mol. The third-order valence-electron chi connectivity index (χ3n) is 3.10. The third-order valence-corrected chi connectivity index (χ3v) is 3.10. The summed E-state index contributed by atoms with van der Waals surface area (Å²) in [5.74, 6) is 0.460. The first-order chi connectivity index (χ1) is 9.56. The van der Waals surface area contributed by atoms with E-state index in [9.17, 15) is 9.59 Å². The van der Waals surface area contributed by atoms with Crippen LogP contribution in [0.3, 0.4) is 0 Å². The lowest BCUT2D eigenvalue weighted by Gasteiger charge is -2.24. The van der Waals surface area contributed by atoms with Crippen molar-refractivity contribution in [2.75, 3.05) is 6.54 Å². The van der Waals surface area contributed by atoms with Crippen molar-refractivity contribution in [3.63, 3.8) is 0 Å². The zero-order chi connectivity index (χ0) is 14.5. The Morgan fingerprint density at radius 3 is 2.80 bits per heavy atom. The molecule has 0 spiro atoms. The molecule has 5 nitrogen and oxygen atoms in total. The SMILES string of the molecule is CC(C)Oc1ccccc1C(=O)NC1CCC(=O)NC1. The molecule has 0 aromatic heterocycles. The first kappa shape index (κ1) is 14.4. The number of rotatable bonds is 4. The number of para-hydroxylation sites is 1. The summed E-state index contributed by atoms with van der Waals surface area (Å²) in [6.07, 6.45) is 1.14. The monoisotopic (exact) mass is 276 g/mol. The van der Waals surface area contributed by atoms with Gasteiger partial charge < -0.3 is 15.4 Å². The van der Waals surface area contributed by atoms with Crippen molar-refractivity contribution in [2.45, 2.75) is 38.8 Å². The molecule has 108 valence electrons. The molecule has 1 aliphatic heterocycles. The van der Waals surface area contributed by atoms with Crippen molar-refractivity contribution < 1.29 is 14.3 Å². The fraction of sp³-hybridized carbons (Fsp3) is 0.467. The molecule has 0 bridgehead atoms. The maximum Gasteiger partial charge on any atom is 0.255 e. The van der Waals surface area contributed by atoms with E-state index >= 15 is 0 Å². The van der Waals surface area contributed by atoms with Gasteiger partial charge in [0.15, 0.2) is 0 Å². The van der Waals surface area contributed by atoms with Crippen molar-refractivity contribution >= 4 is 11.8 Å². The molecular formula is C15H20N2O3. The van der Waals surface area contributed by atoms with Crippen LogP contribution in [0.25, 0.3) is 0 Å². The lowest BCUT2D eigenvalue weighted by molar-refractivity contribution is -0.122. The Morgan fingerprint density at radius 2 is 2.15 bits per heavy atom. The minimum atomic E-state index is -0.164. The van der Waals surface area contributed by atoms with Crippen LogP contribution in [-0.2, 0) is 4.79 Å². The normalized spacial score (nSPS) is 18.6. The Bertz CT molecular complexity index is 490. The molecule has 2 rings (SSSR count). The maximum absolute atomic E-state index is 12.3. The standard InChI is InChI=1S/C15H20N2O3/c1-10(2)20-13-6-4-3-5-12(13)15(19)17-11-7-8-14(18)16-9-11/h3-6,10-11H,7-9H2,1-2H3,(H,16,18)(H,17,19). The highest BCUT2D eigenvalue weighted by molar-refractivity contribution is 5.97. The van der Waals surface area contributed by atoms with Crippen LogP contribution in [0.4, 0.5) is 0 Å². The summed E-state index contributed by atoms with van der Waals surface area (Å²) in [6.45, 7) is 4.33. The van der Waals surface area contributed by atoms with E-state index in [1.54, 1.807) is 12.1 Å². The molecule has 1 heterocycles. The number of carbonyl (C=O) groups is 2. The molecule has 1 fully saturated rings. The lowest BCUT2D eigenvalue weighted by Crippen LogP contribution is -2.47. The predicted molar refractivity (Wildman–Crippen MR) is 75.7 cm³/mol. The molecule has 0 radical (unpaired) electrons. The fourth-order valence-electron chi connectivity index (χ4n) is 2.13. The van der Waals surface area contributed by atoms with E-state index in [4.69, 9.17) is 4.74 Å². The molecule has 2 N–H and O–H groups in total. The summed E-state index contributed by atoms with van der Waals surface area (Å²) in [4.78, 5) is 23.4. The second-order valence-corrected chi connectivity index (χ2v) is 5.18. The molecule has 5 heteroatoms. The molecule has 1 aromatic rings. The van der Waals surface area contributed by atoms with Gasteiger partial charge in [-0.1, -0.05) is 12.1 Å². The molecule has 1 unspecified atom stereocenters. The topological polar surface area (TPSA) is 67.4 Å². The Balaban J connectivity index is 2.03. The van der Waals surface area contributed by atoms with Gasteiger partial charge in [0.05, 0.1) is 11.7 Å². The maximum atomic E-state index is 12.3. The Morgan fingerprint density at radius 1 is 1.40 bits per heavy atom. The van der Waals surface area contributed by atoms with E-state index in [1.165, 1.54) is 0 Å². The first-order valence-electron chi connectivity index (χ1n) is 6.89. The Kier molecular flexibility index (Phi) is 4.61. The van der Waals surface area contributed by atoms with E-state index in [1.807, 2.05) is 26.0 Å². The van der Waals surface area contributed by atoms with Gasteiger partial charge in [0.1, 0.15) is 5.75 Å². The van der Waals surface area contributed by atoms with Crippen molar-refractivity contribution in [3.8, 4) is 5.75 Å². The van der Waals surface area contributed by atoms with Gasteiger partial charge in [-0.25, -0.2) is 0 Å². The van der Waals surface area contributed by atoms with Crippen LogP contribution in [0.2, 0.25) is 0 Å². The first-order valence-corrected chi connectivity index (χ1v) is 6.89. The van der Waals surface area contributed by atoms with Gasteiger partial charge in [-0.2, -0.15) is 0 Å². The van der Waals surface area contributed by atoms with Gasteiger partial charge >= 0.3 is 0 Å². The highest BCUT2D eigenvalue weighted by Gasteiger charge is 2.21. The van der Waals surface area contributed by atoms with Gasteiger partial charge in [0.2, 0.25) is 5.91 Å². The zero-order valence-corrected chi connectivity index (χ0v) is 11.8. The average molecular weight is 276 g/mol. The summed E-state index contributed by atoms with van der Waals surface area (Å²) in [6, 6.07) is 7.17. The second-order valence-electron chi connectivity index (χ2n) is 5.18. The molecule has 2 amide bonds. The number of piperidine rings is 1. The van der Waals surface area contributed by atoms with Crippen LogP contribution in [0.1, 0.15) is 37.0 Å². The largest absolute Gasteiger partial charge is 0.490 e. The van der Waals surface area contributed by atoms with Crippen molar-refractivity contribution in [2.24, 2.45) is 0 Å². The minimum absolute atomic E-state index is 0.0120. The summed E-state index contributed by atoms with van der Waals surface area (Å²) in [5, 5.41) is 5.69. The summed E-state index contributed by atoms with van der Waals surface area (Å²) < 4.78 is 5.64. The van der Waals surface area contributed by atoms with E-state index in [2.05, 4.69) is 10.6 Å². The van der Waals surface area contributed by atoms with E-state index in [0.29, 0.717) is 30.7 Å². The summed E-state index contributed by atoms with van der Waals surface area (Å²) in [5.41, 5.74) is 0.526. The van der Waals surface area contributed by atoms with Crippen molar-refractivity contribution in [1.82, 2.24) is 10.6 Å². The van der Waals surface area contributed by atoms with Gasteiger partial charge in [0, 0.05) is 19.0 Å². The number of amides is 2.